The summed E-state index contributed by atoms with van der Waals surface area (Å²) in [5, 5.41) is 11.3. The molecule has 86 valence electrons. The number of amides is 1. The van der Waals surface area contributed by atoms with Gasteiger partial charge in [-0.05, 0) is 25.1 Å². The van der Waals surface area contributed by atoms with Crippen molar-refractivity contribution in [3.05, 3.63) is 28.8 Å². The van der Waals surface area contributed by atoms with Gasteiger partial charge in [0.05, 0.1) is 16.6 Å². The smallest absolute Gasteiger partial charge is 0.337 e. The molecule has 1 atom stereocenters. The standard InChI is InChI=1S/C10H11ClN2O3/c1-5(12)9(14)13-6-2-3-7(10(15)16)8(11)4-6/h2-5H,12H2,1H3,(H,13,14)(H,15,16). The van der Waals surface area contributed by atoms with Crippen molar-refractivity contribution in [3.63, 3.8) is 0 Å². The van der Waals surface area contributed by atoms with Crippen LogP contribution in [0.4, 0.5) is 5.69 Å². The molecule has 4 N–H and O–H groups in total. The Kier molecular flexibility index (Phi) is 3.87. The number of carbonyl (C=O) groups is 2. The van der Waals surface area contributed by atoms with Gasteiger partial charge in [0.15, 0.2) is 0 Å². The Morgan fingerprint density at radius 3 is 2.56 bits per heavy atom. The number of nitrogens with two attached hydrogens (primary N) is 1. The summed E-state index contributed by atoms with van der Waals surface area (Å²) in [6.45, 7) is 1.54. The second-order valence-electron chi connectivity index (χ2n) is 3.28. The molecule has 1 aromatic rings. The van der Waals surface area contributed by atoms with Crippen LogP contribution < -0.4 is 11.1 Å². The second kappa shape index (κ2) is 4.96. The molecule has 0 spiro atoms. The van der Waals surface area contributed by atoms with Gasteiger partial charge in [-0.1, -0.05) is 11.6 Å². The van der Waals surface area contributed by atoms with Crippen molar-refractivity contribution in [3.8, 4) is 0 Å². The van der Waals surface area contributed by atoms with Crippen molar-refractivity contribution in [1.29, 1.82) is 0 Å². The van der Waals surface area contributed by atoms with E-state index in [9.17, 15) is 9.59 Å². The monoisotopic (exact) mass is 242 g/mol. The summed E-state index contributed by atoms with van der Waals surface area (Å²) in [7, 11) is 0. The minimum Gasteiger partial charge on any atom is -0.478 e. The maximum Gasteiger partial charge on any atom is 0.337 e. The molecular formula is C10H11ClN2O3. The average Bonchev–Trinajstić information content (AvgIpc) is 2.16. The molecule has 0 aromatic heterocycles. The van der Waals surface area contributed by atoms with Gasteiger partial charge < -0.3 is 16.2 Å². The van der Waals surface area contributed by atoms with E-state index in [1.165, 1.54) is 18.2 Å². The molecule has 0 aliphatic heterocycles. The fraction of sp³-hybridized carbons (Fsp3) is 0.200. The topological polar surface area (TPSA) is 92.4 Å². The van der Waals surface area contributed by atoms with E-state index in [0.717, 1.165) is 0 Å². The van der Waals surface area contributed by atoms with Crippen LogP contribution in [0.15, 0.2) is 18.2 Å². The molecule has 0 aliphatic rings. The Labute approximate surface area is 97.2 Å². The van der Waals surface area contributed by atoms with Crippen LogP contribution in [-0.4, -0.2) is 23.0 Å². The van der Waals surface area contributed by atoms with Gasteiger partial charge in [0.2, 0.25) is 5.91 Å². The predicted molar refractivity (Wildman–Crippen MR) is 60.7 cm³/mol. The molecule has 0 heterocycles. The van der Waals surface area contributed by atoms with Gasteiger partial charge in [-0.25, -0.2) is 4.79 Å². The van der Waals surface area contributed by atoms with Gasteiger partial charge in [-0.2, -0.15) is 0 Å². The van der Waals surface area contributed by atoms with Crippen molar-refractivity contribution in [2.24, 2.45) is 5.73 Å². The van der Waals surface area contributed by atoms with Crippen molar-refractivity contribution in [2.75, 3.05) is 5.32 Å². The summed E-state index contributed by atoms with van der Waals surface area (Å²) in [6.07, 6.45) is 0. The number of hydrogen-bond acceptors (Lipinski definition) is 3. The molecule has 0 fully saturated rings. The lowest BCUT2D eigenvalue weighted by molar-refractivity contribution is -0.117. The maximum absolute atomic E-state index is 11.2. The normalized spacial score (nSPS) is 11.9. The van der Waals surface area contributed by atoms with Crippen molar-refractivity contribution >= 4 is 29.2 Å². The largest absolute Gasteiger partial charge is 0.478 e. The molecule has 0 aliphatic carbocycles. The van der Waals surface area contributed by atoms with Gasteiger partial charge >= 0.3 is 5.97 Å². The van der Waals surface area contributed by atoms with Crippen molar-refractivity contribution in [1.82, 2.24) is 0 Å². The number of hydrogen-bond donors (Lipinski definition) is 3. The minimum absolute atomic E-state index is 0.0135. The first-order valence-corrected chi connectivity index (χ1v) is 4.89. The third-order valence-electron chi connectivity index (χ3n) is 1.88. The molecule has 0 bridgehead atoms. The number of carboxylic acids is 1. The second-order valence-corrected chi connectivity index (χ2v) is 3.68. The molecule has 1 aromatic carbocycles. The SMILES string of the molecule is CC(N)C(=O)Nc1ccc(C(=O)O)c(Cl)c1. The number of carboxylic acid groups (broad SMARTS) is 1. The molecule has 0 saturated carbocycles. The van der Waals surface area contributed by atoms with Crippen LogP contribution in [0, 0.1) is 0 Å². The summed E-state index contributed by atoms with van der Waals surface area (Å²) in [6, 6.07) is 3.50. The summed E-state index contributed by atoms with van der Waals surface area (Å²) >= 11 is 5.72. The summed E-state index contributed by atoms with van der Waals surface area (Å²) in [5.41, 5.74) is 5.76. The Bertz CT molecular complexity index is 432. The highest BCUT2D eigenvalue weighted by atomic mass is 35.5. The molecule has 5 nitrogen and oxygen atoms in total. The first-order chi connectivity index (χ1) is 7.41. The van der Waals surface area contributed by atoms with E-state index in [1.54, 1.807) is 6.92 Å². The van der Waals surface area contributed by atoms with Crippen LogP contribution in [0.2, 0.25) is 5.02 Å². The van der Waals surface area contributed by atoms with E-state index in [0.29, 0.717) is 5.69 Å². The number of carbonyl (C=O) groups excluding carboxylic acids is 1. The zero-order chi connectivity index (χ0) is 12.3. The average molecular weight is 243 g/mol. The number of benzene rings is 1. The first-order valence-electron chi connectivity index (χ1n) is 4.51. The summed E-state index contributed by atoms with van der Waals surface area (Å²) in [4.78, 5) is 21.9. The van der Waals surface area contributed by atoms with Gasteiger partial charge in [-0.15, -0.1) is 0 Å². The quantitative estimate of drug-likeness (QED) is 0.745. The number of nitrogens with one attached hydrogen (secondary N) is 1. The Morgan fingerprint density at radius 1 is 1.50 bits per heavy atom. The predicted octanol–water partition coefficient (Wildman–Crippen LogP) is 1.32. The van der Waals surface area contributed by atoms with E-state index < -0.39 is 12.0 Å². The van der Waals surface area contributed by atoms with Gasteiger partial charge in [-0.3, -0.25) is 4.79 Å². The van der Waals surface area contributed by atoms with Gasteiger partial charge in [0.1, 0.15) is 0 Å². The highest BCUT2D eigenvalue weighted by Crippen LogP contribution is 2.20. The van der Waals surface area contributed by atoms with Crippen LogP contribution in [0.3, 0.4) is 0 Å². The van der Waals surface area contributed by atoms with Crippen molar-refractivity contribution in [2.45, 2.75) is 13.0 Å². The van der Waals surface area contributed by atoms with Crippen LogP contribution in [0.25, 0.3) is 0 Å². The lowest BCUT2D eigenvalue weighted by Crippen LogP contribution is -2.32. The summed E-state index contributed by atoms with van der Waals surface area (Å²) in [5.74, 6) is -1.48. The first kappa shape index (κ1) is 12.5. The van der Waals surface area contributed by atoms with Crippen molar-refractivity contribution < 1.29 is 14.7 Å². The highest BCUT2D eigenvalue weighted by molar-refractivity contribution is 6.33. The molecule has 0 radical (unpaired) electrons. The van der Waals surface area contributed by atoms with Crippen LogP contribution in [-0.2, 0) is 4.79 Å². The molecule has 6 heteroatoms. The lowest BCUT2D eigenvalue weighted by atomic mass is 10.2. The van der Waals surface area contributed by atoms with Crippen LogP contribution in [0.1, 0.15) is 17.3 Å². The minimum atomic E-state index is -1.12. The van der Waals surface area contributed by atoms with E-state index >= 15 is 0 Å². The zero-order valence-electron chi connectivity index (χ0n) is 8.53. The fourth-order valence-electron chi connectivity index (χ4n) is 1.02. The van der Waals surface area contributed by atoms with Gasteiger partial charge in [0, 0.05) is 5.69 Å². The fourth-order valence-corrected chi connectivity index (χ4v) is 1.28. The van der Waals surface area contributed by atoms with E-state index in [4.69, 9.17) is 22.4 Å². The third-order valence-corrected chi connectivity index (χ3v) is 2.19. The Balaban J connectivity index is 2.90. The van der Waals surface area contributed by atoms with Crippen LogP contribution >= 0.6 is 11.6 Å². The van der Waals surface area contributed by atoms with E-state index in [2.05, 4.69) is 5.32 Å². The maximum atomic E-state index is 11.2. The molecule has 1 rings (SSSR count). The van der Waals surface area contributed by atoms with Gasteiger partial charge in [0.25, 0.3) is 0 Å². The summed E-state index contributed by atoms with van der Waals surface area (Å²) < 4.78 is 0. The molecular weight excluding hydrogens is 232 g/mol. The number of anilines is 1. The van der Waals surface area contributed by atoms with E-state index in [1.807, 2.05) is 0 Å². The highest BCUT2D eigenvalue weighted by Gasteiger charge is 2.11. The molecule has 16 heavy (non-hydrogen) atoms. The number of halogens is 1. The third kappa shape index (κ3) is 2.95. The van der Waals surface area contributed by atoms with Crippen LogP contribution in [0.5, 0.6) is 0 Å². The molecule has 0 saturated heterocycles. The van der Waals surface area contributed by atoms with E-state index in [-0.39, 0.29) is 16.5 Å². The lowest BCUT2D eigenvalue weighted by Gasteiger charge is -2.08. The number of rotatable bonds is 3. The molecule has 1 unspecified atom stereocenters. The zero-order valence-corrected chi connectivity index (χ0v) is 9.28. The Morgan fingerprint density at radius 2 is 2.12 bits per heavy atom. The molecule has 1 amide bonds. The number of aromatic carboxylic acids is 1. The Hall–Kier alpha value is -1.59.